The Morgan fingerprint density at radius 3 is 2.70 bits per heavy atom. The summed E-state index contributed by atoms with van der Waals surface area (Å²) in [6, 6.07) is 1.51. The molecule has 1 fully saturated rings. The lowest BCUT2D eigenvalue weighted by Gasteiger charge is -2.20. The number of anilines is 1. The Morgan fingerprint density at radius 2 is 2.10 bits per heavy atom. The maximum atomic E-state index is 11.8. The number of hydrazine groups is 1. The monoisotopic (exact) mass is 279 g/mol. The summed E-state index contributed by atoms with van der Waals surface area (Å²) in [5, 5.41) is 2.83. The quantitative estimate of drug-likeness (QED) is 0.723. The molecule has 7 nitrogen and oxygen atoms in total. The largest absolute Gasteiger partial charge is 0.376 e. The molecule has 0 unspecified atom stereocenters. The Bertz CT molecular complexity index is 454. The topological polar surface area (TPSA) is 88.2 Å². The standard InChI is InChI=1S/C13H21N5O2/c1-8-7-9(2)15-12(14-8)17-18-13(19)16-10(3)11-5-4-6-20-11/h7,10-11H,4-6H2,1-3H3,(H,14,15,17)(H2,16,18,19)/t10-,11-/m1/s1. The molecule has 0 spiro atoms. The molecule has 0 bridgehead atoms. The van der Waals surface area contributed by atoms with Crippen molar-refractivity contribution in [1.82, 2.24) is 20.7 Å². The molecule has 0 aromatic carbocycles. The van der Waals surface area contributed by atoms with Crippen LogP contribution in [0, 0.1) is 13.8 Å². The first-order valence-electron chi connectivity index (χ1n) is 6.81. The molecule has 20 heavy (non-hydrogen) atoms. The zero-order valence-electron chi connectivity index (χ0n) is 12.1. The van der Waals surface area contributed by atoms with Crippen LogP contribution in [0.5, 0.6) is 0 Å². The number of hydrogen-bond acceptors (Lipinski definition) is 5. The third-order valence-electron chi connectivity index (χ3n) is 3.15. The molecule has 0 aliphatic carbocycles. The van der Waals surface area contributed by atoms with Gasteiger partial charge in [-0.25, -0.2) is 20.2 Å². The number of carbonyl (C=O) groups excluding carboxylic acids is 1. The van der Waals surface area contributed by atoms with Gasteiger partial charge in [-0.3, -0.25) is 5.43 Å². The predicted molar refractivity (Wildman–Crippen MR) is 75.2 cm³/mol. The number of amides is 2. The fourth-order valence-electron chi connectivity index (χ4n) is 2.23. The van der Waals surface area contributed by atoms with E-state index in [1.807, 2.05) is 26.8 Å². The fourth-order valence-corrected chi connectivity index (χ4v) is 2.23. The van der Waals surface area contributed by atoms with E-state index in [0.29, 0.717) is 5.95 Å². The Kier molecular flexibility index (Phi) is 4.73. The molecule has 7 heteroatoms. The van der Waals surface area contributed by atoms with E-state index >= 15 is 0 Å². The number of ether oxygens (including phenoxy) is 1. The molecule has 2 heterocycles. The molecule has 2 atom stereocenters. The van der Waals surface area contributed by atoms with Gasteiger partial charge in [-0.15, -0.1) is 0 Å². The van der Waals surface area contributed by atoms with Crippen molar-refractivity contribution in [2.45, 2.75) is 45.8 Å². The first-order chi connectivity index (χ1) is 9.54. The summed E-state index contributed by atoms with van der Waals surface area (Å²) in [6.07, 6.45) is 2.13. The van der Waals surface area contributed by atoms with E-state index in [4.69, 9.17) is 4.74 Å². The molecule has 0 radical (unpaired) electrons. The van der Waals surface area contributed by atoms with Gasteiger partial charge < -0.3 is 10.1 Å². The van der Waals surface area contributed by atoms with Crippen molar-refractivity contribution in [2.75, 3.05) is 12.0 Å². The zero-order chi connectivity index (χ0) is 14.5. The highest BCUT2D eigenvalue weighted by atomic mass is 16.5. The highest BCUT2D eigenvalue weighted by Gasteiger charge is 2.23. The number of urea groups is 1. The van der Waals surface area contributed by atoms with Gasteiger partial charge >= 0.3 is 6.03 Å². The van der Waals surface area contributed by atoms with Crippen molar-refractivity contribution in [3.05, 3.63) is 17.5 Å². The second kappa shape index (κ2) is 6.51. The molecular formula is C13H21N5O2. The average Bonchev–Trinajstić information content (AvgIpc) is 2.89. The van der Waals surface area contributed by atoms with Crippen molar-refractivity contribution in [2.24, 2.45) is 0 Å². The minimum Gasteiger partial charge on any atom is -0.376 e. The van der Waals surface area contributed by atoms with E-state index in [1.165, 1.54) is 0 Å². The maximum absolute atomic E-state index is 11.8. The second-order valence-electron chi connectivity index (χ2n) is 5.04. The number of hydrogen-bond donors (Lipinski definition) is 3. The Labute approximate surface area is 118 Å². The lowest BCUT2D eigenvalue weighted by molar-refractivity contribution is 0.0861. The van der Waals surface area contributed by atoms with Crippen molar-refractivity contribution in [3.8, 4) is 0 Å². The molecule has 2 amide bonds. The number of carbonyl (C=O) groups is 1. The first-order valence-corrected chi connectivity index (χ1v) is 6.81. The van der Waals surface area contributed by atoms with Crippen molar-refractivity contribution in [3.63, 3.8) is 0 Å². The number of rotatable bonds is 4. The van der Waals surface area contributed by atoms with Gasteiger partial charge in [0.2, 0.25) is 5.95 Å². The van der Waals surface area contributed by atoms with Gasteiger partial charge in [0.1, 0.15) is 0 Å². The van der Waals surface area contributed by atoms with Gasteiger partial charge in [0.05, 0.1) is 12.1 Å². The number of aryl methyl sites for hydroxylation is 2. The molecule has 1 aromatic heterocycles. The molecule has 110 valence electrons. The van der Waals surface area contributed by atoms with Gasteiger partial charge in [-0.2, -0.15) is 0 Å². The van der Waals surface area contributed by atoms with Crippen LogP contribution in [-0.2, 0) is 4.74 Å². The molecule has 1 saturated heterocycles. The minimum absolute atomic E-state index is 0.0283. The summed E-state index contributed by atoms with van der Waals surface area (Å²) in [7, 11) is 0. The smallest absolute Gasteiger partial charge is 0.333 e. The average molecular weight is 279 g/mol. The van der Waals surface area contributed by atoms with Crippen LogP contribution in [0.3, 0.4) is 0 Å². The highest BCUT2D eigenvalue weighted by molar-refractivity contribution is 5.75. The molecule has 1 aromatic rings. The van der Waals surface area contributed by atoms with E-state index in [1.54, 1.807) is 0 Å². The Hall–Kier alpha value is -1.89. The van der Waals surface area contributed by atoms with Crippen molar-refractivity contribution >= 4 is 12.0 Å². The predicted octanol–water partition coefficient (Wildman–Crippen LogP) is 1.29. The number of nitrogens with one attached hydrogen (secondary N) is 3. The van der Waals surface area contributed by atoms with Crippen LogP contribution in [0.4, 0.5) is 10.7 Å². The summed E-state index contributed by atoms with van der Waals surface area (Å²) < 4.78 is 5.52. The van der Waals surface area contributed by atoms with Gasteiger partial charge in [0, 0.05) is 18.0 Å². The van der Waals surface area contributed by atoms with Crippen LogP contribution in [-0.4, -0.2) is 34.8 Å². The number of nitrogens with zero attached hydrogens (tertiary/aromatic N) is 2. The summed E-state index contributed by atoms with van der Waals surface area (Å²) >= 11 is 0. The van der Waals surface area contributed by atoms with Gasteiger partial charge in [-0.1, -0.05) is 0 Å². The zero-order valence-corrected chi connectivity index (χ0v) is 12.1. The summed E-state index contributed by atoms with van der Waals surface area (Å²) in [6.45, 7) is 6.45. The Morgan fingerprint density at radius 1 is 1.40 bits per heavy atom. The summed E-state index contributed by atoms with van der Waals surface area (Å²) in [5.41, 5.74) is 6.91. The highest BCUT2D eigenvalue weighted by Crippen LogP contribution is 2.15. The Balaban J connectivity index is 1.79. The van der Waals surface area contributed by atoms with E-state index in [9.17, 15) is 4.79 Å². The summed E-state index contributed by atoms with van der Waals surface area (Å²) in [5.74, 6) is 0.377. The molecule has 2 rings (SSSR count). The lowest BCUT2D eigenvalue weighted by atomic mass is 10.1. The normalized spacial score (nSPS) is 19.4. The molecule has 1 aliphatic rings. The third kappa shape index (κ3) is 4.06. The second-order valence-corrected chi connectivity index (χ2v) is 5.04. The van der Waals surface area contributed by atoms with Crippen LogP contribution < -0.4 is 16.2 Å². The molecule has 0 saturated carbocycles. The van der Waals surface area contributed by atoms with Gasteiger partial charge in [0.25, 0.3) is 0 Å². The SMILES string of the molecule is Cc1cc(C)nc(NNC(=O)N[C@H](C)[C@H]2CCCO2)n1. The van der Waals surface area contributed by atoms with Crippen LogP contribution in [0.15, 0.2) is 6.07 Å². The van der Waals surface area contributed by atoms with Crippen LogP contribution in [0.2, 0.25) is 0 Å². The van der Waals surface area contributed by atoms with E-state index in [0.717, 1.165) is 30.8 Å². The van der Waals surface area contributed by atoms with E-state index in [2.05, 4.69) is 26.1 Å². The maximum Gasteiger partial charge on any atom is 0.333 e. The van der Waals surface area contributed by atoms with Gasteiger partial charge in [-0.05, 0) is 39.7 Å². The molecule has 1 aliphatic heterocycles. The molecule has 3 N–H and O–H groups in total. The fraction of sp³-hybridized carbons (Fsp3) is 0.615. The first kappa shape index (κ1) is 14.5. The van der Waals surface area contributed by atoms with Crippen LogP contribution >= 0.6 is 0 Å². The van der Waals surface area contributed by atoms with Crippen LogP contribution in [0.1, 0.15) is 31.2 Å². The van der Waals surface area contributed by atoms with Crippen molar-refractivity contribution in [1.29, 1.82) is 0 Å². The van der Waals surface area contributed by atoms with E-state index < -0.39 is 0 Å². The van der Waals surface area contributed by atoms with E-state index in [-0.39, 0.29) is 18.2 Å². The third-order valence-corrected chi connectivity index (χ3v) is 3.15. The lowest BCUT2D eigenvalue weighted by Crippen LogP contribution is -2.47. The van der Waals surface area contributed by atoms with Gasteiger partial charge in [0.15, 0.2) is 0 Å². The number of aromatic nitrogens is 2. The van der Waals surface area contributed by atoms with Crippen LogP contribution in [0.25, 0.3) is 0 Å². The minimum atomic E-state index is -0.323. The summed E-state index contributed by atoms with van der Waals surface area (Å²) in [4.78, 5) is 20.1. The molecular weight excluding hydrogens is 258 g/mol. The van der Waals surface area contributed by atoms with Crippen molar-refractivity contribution < 1.29 is 9.53 Å².